The topological polar surface area (TPSA) is 81.1 Å². The fourth-order valence-electron chi connectivity index (χ4n) is 2.27. The van der Waals surface area contributed by atoms with Crippen molar-refractivity contribution in [1.82, 2.24) is 14.9 Å². The Labute approximate surface area is 136 Å². The first kappa shape index (κ1) is 17.2. The zero-order valence-corrected chi connectivity index (χ0v) is 14.1. The van der Waals surface area contributed by atoms with Crippen molar-refractivity contribution in [2.75, 3.05) is 12.3 Å². The fourth-order valence-corrected chi connectivity index (χ4v) is 3.36. The van der Waals surface area contributed by atoms with Crippen LogP contribution in [0.1, 0.15) is 29.5 Å². The summed E-state index contributed by atoms with van der Waals surface area (Å²) < 4.78 is 26.1. The summed E-state index contributed by atoms with van der Waals surface area (Å²) in [5, 5.41) is 2.78. The van der Waals surface area contributed by atoms with Gasteiger partial charge in [-0.3, -0.25) is 4.79 Å². The van der Waals surface area contributed by atoms with Crippen molar-refractivity contribution in [2.45, 2.75) is 31.7 Å². The molecule has 2 rings (SSSR count). The van der Waals surface area contributed by atoms with E-state index in [1.807, 2.05) is 17.7 Å². The van der Waals surface area contributed by atoms with E-state index in [2.05, 4.69) is 10.3 Å². The number of nitrogens with one attached hydrogen (secondary N) is 1. The van der Waals surface area contributed by atoms with E-state index < -0.39 is 9.84 Å². The van der Waals surface area contributed by atoms with Gasteiger partial charge in [0.2, 0.25) is 0 Å². The molecule has 6 nitrogen and oxygen atoms in total. The summed E-state index contributed by atoms with van der Waals surface area (Å²) in [6.07, 6.45) is 4.37. The Morgan fingerprint density at radius 3 is 2.70 bits per heavy atom. The van der Waals surface area contributed by atoms with Crippen LogP contribution in [0, 0.1) is 6.92 Å². The second-order valence-corrected chi connectivity index (χ2v) is 7.42. The van der Waals surface area contributed by atoms with E-state index in [9.17, 15) is 13.2 Å². The van der Waals surface area contributed by atoms with Crippen molar-refractivity contribution >= 4 is 15.7 Å². The van der Waals surface area contributed by atoms with E-state index in [-0.39, 0.29) is 22.1 Å². The summed E-state index contributed by atoms with van der Waals surface area (Å²) in [6.45, 7) is 4.71. The van der Waals surface area contributed by atoms with E-state index in [1.54, 1.807) is 25.3 Å². The molecule has 0 saturated carbocycles. The molecule has 0 spiro atoms. The predicted octanol–water partition coefficient (Wildman–Crippen LogP) is 1.81. The lowest BCUT2D eigenvalue weighted by atomic mass is 10.2. The maximum Gasteiger partial charge on any atom is 0.252 e. The van der Waals surface area contributed by atoms with Gasteiger partial charge in [0, 0.05) is 25.5 Å². The predicted molar refractivity (Wildman–Crippen MR) is 88.1 cm³/mol. The molecule has 1 N–H and O–H groups in total. The molecule has 1 heterocycles. The third kappa shape index (κ3) is 4.19. The first-order valence-corrected chi connectivity index (χ1v) is 9.18. The Balaban J connectivity index is 1.98. The molecule has 0 saturated heterocycles. The van der Waals surface area contributed by atoms with Crippen LogP contribution in [0.5, 0.6) is 0 Å². The molecule has 0 aliphatic carbocycles. The molecule has 0 atom stereocenters. The van der Waals surface area contributed by atoms with Gasteiger partial charge < -0.3 is 9.88 Å². The van der Waals surface area contributed by atoms with Crippen LogP contribution < -0.4 is 5.32 Å². The number of carbonyl (C=O) groups is 1. The first-order valence-electron chi connectivity index (χ1n) is 7.53. The fraction of sp³-hybridized carbons (Fsp3) is 0.375. The molecule has 1 aromatic heterocycles. The first-order chi connectivity index (χ1) is 11.0. The van der Waals surface area contributed by atoms with Crippen molar-refractivity contribution in [2.24, 2.45) is 0 Å². The number of nitrogens with zero attached hydrogens (tertiary/aromatic N) is 2. The number of aromatic nitrogens is 2. The third-order valence-electron chi connectivity index (χ3n) is 3.63. The van der Waals surface area contributed by atoms with Gasteiger partial charge in [0.15, 0.2) is 9.84 Å². The van der Waals surface area contributed by atoms with Gasteiger partial charge in [-0.1, -0.05) is 19.1 Å². The van der Waals surface area contributed by atoms with E-state index in [0.717, 1.165) is 18.8 Å². The molecule has 23 heavy (non-hydrogen) atoms. The van der Waals surface area contributed by atoms with Gasteiger partial charge >= 0.3 is 0 Å². The SMILES string of the molecule is CCS(=O)(=O)c1ccccc1C(=O)NCCCn1ccnc1C. The molecule has 0 bridgehead atoms. The number of imidazole rings is 1. The number of rotatable bonds is 7. The van der Waals surface area contributed by atoms with Crippen LogP contribution >= 0.6 is 0 Å². The highest BCUT2D eigenvalue weighted by atomic mass is 32.2. The Hall–Kier alpha value is -2.15. The number of benzene rings is 1. The Morgan fingerprint density at radius 2 is 2.04 bits per heavy atom. The number of amides is 1. The number of aryl methyl sites for hydroxylation is 2. The summed E-state index contributed by atoms with van der Waals surface area (Å²) in [6, 6.07) is 6.31. The number of sulfone groups is 1. The number of hydrogen-bond acceptors (Lipinski definition) is 4. The van der Waals surface area contributed by atoms with Crippen LogP contribution in [0.15, 0.2) is 41.6 Å². The highest BCUT2D eigenvalue weighted by Crippen LogP contribution is 2.16. The third-order valence-corrected chi connectivity index (χ3v) is 5.42. The van der Waals surface area contributed by atoms with Gasteiger partial charge in [0.25, 0.3) is 5.91 Å². The molecule has 124 valence electrons. The molecule has 0 aliphatic heterocycles. The standard InChI is InChI=1S/C16H21N3O3S/c1-3-23(21,22)15-8-5-4-7-14(15)16(20)18-9-6-11-19-12-10-17-13(19)2/h4-5,7-8,10,12H,3,6,9,11H2,1-2H3,(H,18,20). The summed E-state index contributed by atoms with van der Waals surface area (Å²) in [4.78, 5) is 16.5. The Kier molecular flexibility index (Phi) is 5.54. The van der Waals surface area contributed by atoms with Gasteiger partial charge in [-0.15, -0.1) is 0 Å². The summed E-state index contributed by atoms with van der Waals surface area (Å²) in [5.74, 6) is 0.535. The molecule has 0 unspecified atom stereocenters. The average Bonchev–Trinajstić information content (AvgIpc) is 2.96. The van der Waals surface area contributed by atoms with E-state index >= 15 is 0 Å². The van der Waals surface area contributed by atoms with E-state index in [4.69, 9.17) is 0 Å². The minimum Gasteiger partial charge on any atom is -0.352 e. The van der Waals surface area contributed by atoms with Crippen molar-refractivity contribution in [3.63, 3.8) is 0 Å². The van der Waals surface area contributed by atoms with Gasteiger partial charge in [-0.25, -0.2) is 13.4 Å². The van der Waals surface area contributed by atoms with Crippen LogP contribution in [0.2, 0.25) is 0 Å². The molecular formula is C16H21N3O3S. The summed E-state index contributed by atoms with van der Waals surface area (Å²) in [5.41, 5.74) is 0.202. The lowest BCUT2D eigenvalue weighted by molar-refractivity contribution is 0.0949. The number of hydrogen-bond donors (Lipinski definition) is 1. The van der Waals surface area contributed by atoms with Crippen LogP contribution in [-0.4, -0.2) is 36.2 Å². The zero-order valence-electron chi connectivity index (χ0n) is 13.3. The van der Waals surface area contributed by atoms with Crippen LogP contribution in [0.25, 0.3) is 0 Å². The number of carbonyl (C=O) groups excluding carboxylic acids is 1. The van der Waals surface area contributed by atoms with Crippen molar-refractivity contribution in [1.29, 1.82) is 0 Å². The monoisotopic (exact) mass is 335 g/mol. The van der Waals surface area contributed by atoms with Crippen molar-refractivity contribution in [3.8, 4) is 0 Å². The summed E-state index contributed by atoms with van der Waals surface area (Å²) >= 11 is 0. The van der Waals surface area contributed by atoms with Crippen molar-refractivity contribution < 1.29 is 13.2 Å². The lowest BCUT2D eigenvalue weighted by Crippen LogP contribution is -2.27. The average molecular weight is 335 g/mol. The van der Waals surface area contributed by atoms with Crippen LogP contribution in [0.3, 0.4) is 0 Å². The molecule has 1 amide bonds. The molecule has 0 aliphatic rings. The van der Waals surface area contributed by atoms with Gasteiger partial charge in [-0.05, 0) is 25.5 Å². The maximum absolute atomic E-state index is 12.3. The molecular weight excluding hydrogens is 314 g/mol. The molecule has 7 heteroatoms. The smallest absolute Gasteiger partial charge is 0.252 e. The van der Waals surface area contributed by atoms with Gasteiger partial charge in [-0.2, -0.15) is 0 Å². The lowest BCUT2D eigenvalue weighted by Gasteiger charge is -2.10. The zero-order chi connectivity index (χ0) is 16.9. The minimum atomic E-state index is -3.42. The second kappa shape index (κ2) is 7.41. The second-order valence-electron chi connectivity index (χ2n) is 5.18. The van der Waals surface area contributed by atoms with Crippen LogP contribution in [0.4, 0.5) is 0 Å². The van der Waals surface area contributed by atoms with E-state index in [0.29, 0.717) is 6.54 Å². The maximum atomic E-state index is 12.3. The summed E-state index contributed by atoms with van der Waals surface area (Å²) in [7, 11) is -3.42. The molecule has 2 aromatic rings. The van der Waals surface area contributed by atoms with Gasteiger partial charge in [0.05, 0.1) is 16.2 Å². The van der Waals surface area contributed by atoms with Gasteiger partial charge in [0.1, 0.15) is 5.82 Å². The van der Waals surface area contributed by atoms with Crippen LogP contribution in [-0.2, 0) is 16.4 Å². The Morgan fingerprint density at radius 1 is 1.30 bits per heavy atom. The normalized spacial score (nSPS) is 11.4. The highest BCUT2D eigenvalue weighted by molar-refractivity contribution is 7.91. The molecule has 0 fully saturated rings. The quantitative estimate of drug-likeness (QED) is 0.783. The Bertz CT molecular complexity index is 781. The largest absolute Gasteiger partial charge is 0.352 e. The van der Waals surface area contributed by atoms with E-state index in [1.165, 1.54) is 12.1 Å². The highest BCUT2D eigenvalue weighted by Gasteiger charge is 2.20. The minimum absolute atomic E-state index is 0.0306. The van der Waals surface area contributed by atoms with Crippen molar-refractivity contribution in [3.05, 3.63) is 48.0 Å². The molecule has 0 radical (unpaired) electrons. The molecule has 1 aromatic carbocycles.